The summed E-state index contributed by atoms with van der Waals surface area (Å²) in [5.41, 5.74) is -0.384. The molecule has 1 aromatic heterocycles. The third-order valence-electron chi connectivity index (χ3n) is 8.07. The minimum Gasteiger partial charge on any atom is -0.455 e. The summed E-state index contributed by atoms with van der Waals surface area (Å²) in [6.45, 7) is 5.54. The molecule has 1 aromatic carbocycles. The van der Waals surface area contributed by atoms with Crippen LogP contribution in [0.4, 0.5) is 0 Å². The number of amides is 1. The van der Waals surface area contributed by atoms with E-state index < -0.39 is 144 Å². The van der Waals surface area contributed by atoms with Crippen LogP contribution in [0.1, 0.15) is 48.5 Å². The molecule has 0 radical (unpaired) electrons. The topological polar surface area (TPSA) is 263 Å². The van der Waals surface area contributed by atoms with Crippen molar-refractivity contribution in [1.82, 2.24) is 8.88 Å². The number of esters is 7. The van der Waals surface area contributed by atoms with E-state index in [4.69, 9.17) is 47.4 Å². The van der Waals surface area contributed by atoms with Crippen molar-refractivity contribution in [3.63, 3.8) is 0 Å². The number of ether oxygens (including phenoxy) is 10. The van der Waals surface area contributed by atoms with Gasteiger partial charge in [0.2, 0.25) is 0 Å². The van der Waals surface area contributed by atoms with E-state index in [-0.39, 0.29) is 5.56 Å². The van der Waals surface area contributed by atoms with E-state index in [0.717, 1.165) is 52.7 Å². The van der Waals surface area contributed by atoms with E-state index in [0.29, 0.717) is 5.39 Å². The summed E-state index contributed by atoms with van der Waals surface area (Å²) in [5, 5.41) is 2.99. The minimum atomic E-state index is -1.87. The number of hydrogen-bond acceptors (Lipinski definition) is 19. The fourth-order valence-electron chi connectivity index (χ4n) is 6.08. The molecule has 2 aliphatic heterocycles. The number of hydrogen-bond donors (Lipinski definition) is 1. The standard InChI is InChI=1S/C35H42N2O19Se/c1-15(38)47-13-23-28(56-35-32(53-21(7)44)30(51-19(5)42)27(49-17(3)40)24(55-35)14-48-16(2)39)29(50-18(4)41)31(52-20(6)43)33(54-23)36-26(45)12-37-34(46)22-10-8-9-11-25(22)57-37/h8-11,23-24,27-33,35H,12-14H2,1-7H3,(H,36,45)/t23-,24-,27+,28-,29+,30+,31-,32-,33-,35+/m1/s1. The first-order chi connectivity index (χ1) is 26.8. The maximum absolute atomic E-state index is 13.5. The summed E-state index contributed by atoms with van der Waals surface area (Å²) >= 11 is -0.547. The minimum absolute atomic E-state index is 0.384. The summed E-state index contributed by atoms with van der Waals surface area (Å²) in [6, 6.07) is 6.85. The van der Waals surface area contributed by atoms with Crippen molar-refractivity contribution in [2.24, 2.45) is 0 Å². The number of nitrogens with zero attached hydrogens (tertiary/aromatic N) is 1. The van der Waals surface area contributed by atoms with E-state index in [2.05, 4.69) is 5.32 Å². The first-order valence-corrected chi connectivity index (χ1v) is 18.9. The Morgan fingerprint density at radius 2 is 1.09 bits per heavy atom. The van der Waals surface area contributed by atoms with Crippen LogP contribution < -0.4 is 10.9 Å². The predicted molar refractivity (Wildman–Crippen MR) is 187 cm³/mol. The van der Waals surface area contributed by atoms with Gasteiger partial charge in [0.05, 0.1) is 0 Å². The fraction of sp³-hybridized carbons (Fsp3) is 0.571. The quantitative estimate of drug-likeness (QED) is 0.133. The Labute approximate surface area is 330 Å². The van der Waals surface area contributed by atoms with Gasteiger partial charge < -0.3 is 14.2 Å². The van der Waals surface area contributed by atoms with Crippen LogP contribution in [0.5, 0.6) is 0 Å². The van der Waals surface area contributed by atoms with E-state index in [9.17, 15) is 43.2 Å². The molecule has 312 valence electrons. The summed E-state index contributed by atoms with van der Waals surface area (Å²) in [6.07, 6.45) is -16.6. The Morgan fingerprint density at radius 3 is 1.61 bits per heavy atom. The molecule has 1 N–H and O–H groups in total. The number of benzene rings is 1. The normalized spacial score (nSPS) is 26.9. The summed E-state index contributed by atoms with van der Waals surface area (Å²) in [5.74, 6) is -7.00. The van der Waals surface area contributed by atoms with Gasteiger partial charge in [-0.05, 0) is 0 Å². The van der Waals surface area contributed by atoms with Crippen molar-refractivity contribution < 1.29 is 85.7 Å². The molecule has 3 heterocycles. The number of carbonyl (C=O) groups excluding carboxylic acids is 8. The Morgan fingerprint density at radius 1 is 0.614 bits per heavy atom. The van der Waals surface area contributed by atoms with Crippen LogP contribution in [0.25, 0.3) is 9.65 Å². The van der Waals surface area contributed by atoms with Gasteiger partial charge >= 0.3 is 257 Å². The summed E-state index contributed by atoms with van der Waals surface area (Å²) in [7, 11) is 0. The molecule has 2 aliphatic rings. The second kappa shape index (κ2) is 19.8. The first-order valence-electron chi connectivity index (χ1n) is 17.3. The smallest absolute Gasteiger partial charge is 0.455 e. The molecule has 0 unspecified atom stereocenters. The molecule has 21 nitrogen and oxygen atoms in total. The van der Waals surface area contributed by atoms with E-state index in [1.54, 1.807) is 24.3 Å². The maximum atomic E-state index is 13.5. The first kappa shape index (κ1) is 44.6. The Bertz CT molecular complexity index is 1910. The molecule has 22 heteroatoms. The van der Waals surface area contributed by atoms with Crippen LogP contribution in [0.2, 0.25) is 0 Å². The van der Waals surface area contributed by atoms with Crippen LogP contribution >= 0.6 is 0 Å². The van der Waals surface area contributed by atoms with Crippen LogP contribution in [-0.4, -0.2) is 141 Å². The predicted octanol–water partition coefficient (Wildman–Crippen LogP) is -1.21. The third-order valence-corrected chi connectivity index (χ3v) is 10.3. The summed E-state index contributed by atoms with van der Waals surface area (Å²) in [4.78, 5) is 113. The Balaban J connectivity index is 1.78. The molecule has 57 heavy (non-hydrogen) atoms. The molecule has 2 aromatic rings. The number of aromatic nitrogens is 1. The van der Waals surface area contributed by atoms with Crippen LogP contribution in [0.15, 0.2) is 29.1 Å². The van der Waals surface area contributed by atoms with Crippen LogP contribution in [0, 0.1) is 0 Å². The van der Waals surface area contributed by atoms with Gasteiger partial charge in [0.1, 0.15) is 6.61 Å². The second-order valence-electron chi connectivity index (χ2n) is 12.7. The van der Waals surface area contributed by atoms with E-state index in [1.165, 1.54) is 3.56 Å². The molecule has 0 saturated carbocycles. The second-order valence-corrected chi connectivity index (χ2v) is 14.9. The monoisotopic (exact) mass is 874 g/mol. The van der Waals surface area contributed by atoms with Gasteiger partial charge in [0.25, 0.3) is 0 Å². The van der Waals surface area contributed by atoms with E-state index in [1.807, 2.05) is 0 Å². The van der Waals surface area contributed by atoms with Gasteiger partial charge in [-0.2, -0.15) is 0 Å². The Kier molecular flexibility index (Phi) is 15.5. The zero-order valence-corrected chi connectivity index (χ0v) is 33.5. The van der Waals surface area contributed by atoms with Gasteiger partial charge in [-0.25, -0.2) is 0 Å². The van der Waals surface area contributed by atoms with Crippen molar-refractivity contribution in [2.75, 3.05) is 13.2 Å². The molecular formula is C35H42N2O19Se. The fourth-order valence-corrected chi connectivity index (χ4v) is 8.17. The van der Waals surface area contributed by atoms with E-state index >= 15 is 0 Å². The average Bonchev–Trinajstić information content (AvgIpc) is 3.41. The number of fused-ring (bicyclic) bond motifs is 1. The molecule has 10 atom stereocenters. The molecule has 0 spiro atoms. The SMILES string of the molecule is CC(=O)OC[C@H]1O[C@@H](O[C@H]2[C@H](OC(C)=O)[C@@H](OC(C)=O)[C@H](NC(=O)Cn3[se]c4ccccc4c3=O)O[C@@H]2COC(C)=O)[C@H](OC(C)=O)[C@@H](OC(C)=O)[C@H]1OC(C)=O. The van der Waals surface area contributed by atoms with Gasteiger partial charge in [0, 0.05) is 27.7 Å². The van der Waals surface area contributed by atoms with Crippen molar-refractivity contribution in [3.8, 4) is 0 Å². The summed E-state index contributed by atoms with van der Waals surface area (Å²) < 4.78 is 58.4. The van der Waals surface area contributed by atoms with Gasteiger partial charge in [-0.15, -0.1) is 0 Å². The molecule has 0 aliphatic carbocycles. The number of carbonyl (C=O) groups is 8. The molecular weight excluding hydrogens is 831 g/mol. The van der Waals surface area contributed by atoms with Gasteiger partial charge in [-0.1, -0.05) is 0 Å². The molecule has 4 rings (SSSR count). The molecule has 2 fully saturated rings. The van der Waals surface area contributed by atoms with Gasteiger partial charge in [0.15, 0.2) is 6.10 Å². The average molecular weight is 874 g/mol. The van der Waals surface area contributed by atoms with Gasteiger partial charge in [-0.3, -0.25) is 19.2 Å². The van der Waals surface area contributed by atoms with Crippen LogP contribution in [-0.2, 0) is 92.3 Å². The van der Waals surface area contributed by atoms with Crippen molar-refractivity contribution in [3.05, 3.63) is 34.6 Å². The zero-order valence-electron chi connectivity index (χ0n) is 31.8. The van der Waals surface area contributed by atoms with Crippen LogP contribution in [0.3, 0.4) is 0 Å². The van der Waals surface area contributed by atoms with Crippen molar-refractivity contribution >= 4 is 72.1 Å². The van der Waals surface area contributed by atoms with Crippen molar-refractivity contribution in [1.29, 1.82) is 0 Å². The molecule has 1 amide bonds. The Hall–Kier alpha value is -5.15. The number of rotatable bonds is 14. The third kappa shape index (κ3) is 12.2. The molecule has 0 bridgehead atoms. The van der Waals surface area contributed by atoms with Crippen molar-refractivity contribution in [2.45, 2.75) is 116 Å². The number of nitrogens with one attached hydrogen (secondary N) is 1. The zero-order chi connectivity index (χ0) is 42.1. The molecule has 2 saturated heterocycles.